The molecular formula is C24H30N2O6S. The van der Waals surface area contributed by atoms with Gasteiger partial charge < -0.3 is 19.5 Å². The highest BCUT2D eigenvalue weighted by Gasteiger charge is 2.27. The van der Waals surface area contributed by atoms with Crippen LogP contribution in [0.2, 0.25) is 0 Å². The van der Waals surface area contributed by atoms with E-state index in [1.165, 1.54) is 23.5 Å². The van der Waals surface area contributed by atoms with Crippen molar-refractivity contribution in [2.24, 2.45) is 5.92 Å². The molecule has 2 aromatic carbocycles. The maximum Gasteiger partial charge on any atom is 0.250 e. The first-order valence-corrected chi connectivity index (χ1v) is 12.7. The first-order valence-electron chi connectivity index (χ1n) is 11.3. The molecule has 2 aliphatic rings. The molecule has 0 bridgehead atoms. The van der Waals surface area contributed by atoms with E-state index in [4.69, 9.17) is 14.2 Å². The Morgan fingerprint density at radius 1 is 1.03 bits per heavy atom. The summed E-state index contributed by atoms with van der Waals surface area (Å²) in [6, 6.07) is 11.6. The van der Waals surface area contributed by atoms with Crippen LogP contribution in [-0.4, -0.2) is 52.0 Å². The van der Waals surface area contributed by atoms with Gasteiger partial charge in [0.05, 0.1) is 24.3 Å². The SMILES string of the molecule is COc1ccccc1Oc1ccc(S(=O)(=O)N2CCCCC2)cc1NC(=O)COCC1CC1. The van der Waals surface area contributed by atoms with Crippen molar-refractivity contribution in [2.45, 2.75) is 37.0 Å². The highest BCUT2D eigenvalue weighted by atomic mass is 32.2. The Kier molecular flexibility index (Phi) is 7.52. The molecule has 1 saturated carbocycles. The van der Waals surface area contributed by atoms with Crippen molar-refractivity contribution in [1.29, 1.82) is 0 Å². The first-order chi connectivity index (χ1) is 16.0. The van der Waals surface area contributed by atoms with Crippen LogP contribution in [0.3, 0.4) is 0 Å². The summed E-state index contributed by atoms with van der Waals surface area (Å²) in [6.45, 7) is 1.45. The van der Waals surface area contributed by atoms with Gasteiger partial charge in [0, 0.05) is 13.1 Å². The lowest BCUT2D eigenvalue weighted by Gasteiger charge is -2.26. The number of para-hydroxylation sites is 2. The highest BCUT2D eigenvalue weighted by molar-refractivity contribution is 7.89. The Morgan fingerprint density at radius 3 is 2.45 bits per heavy atom. The minimum absolute atomic E-state index is 0.103. The van der Waals surface area contributed by atoms with E-state index in [0.29, 0.717) is 42.9 Å². The number of ether oxygens (including phenoxy) is 3. The quantitative estimate of drug-likeness (QED) is 0.559. The Bertz CT molecular complexity index is 1080. The summed E-state index contributed by atoms with van der Waals surface area (Å²) >= 11 is 0. The van der Waals surface area contributed by atoms with Gasteiger partial charge >= 0.3 is 0 Å². The van der Waals surface area contributed by atoms with Crippen LogP contribution in [0.4, 0.5) is 5.69 Å². The number of piperidine rings is 1. The van der Waals surface area contributed by atoms with Gasteiger partial charge in [0.15, 0.2) is 17.2 Å². The Labute approximate surface area is 194 Å². The molecule has 0 aromatic heterocycles. The summed E-state index contributed by atoms with van der Waals surface area (Å²) in [4.78, 5) is 12.6. The molecule has 4 rings (SSSR count). The van der Waals surface area contributed by atoms with E-state index in [2.05, 4.69) is 5.32 Å². The topological polar surface area (TPSA) is 94.2 Å². The number of hydrogen-bond donors (Lipinski definition) is 1. The number of hydrogen-bond acceptors (Lipinski definition) is 6. The Balaban J connectivity index is 1.59. The number of rotatable bonds is 10. The molecule has 1 N–H and O–H groups in total. The molecule has 8 nitrogen and oxygen atoms in total. The van der Waals surface area contributed by atoms with E-state index < -0.39 is 10.0 Å². The number of amides is 1. The largest absolute Gasteiger partial charge is 0.493 e. The third-order valence-corrected chi connectivity index (χ3v) is 7.65. The van der Waals surface area contributed by atoms with E-state index >= 15 is 0 Å². The zero-order valence-electron chi connectivity index (χ0n) is 18.8. The molecule has 0 spiro atoms. The molecule has 0 radical (unpaired) electrons. The minimum atomic E-state index is -3.67. The minimum Gasteiger partial charge on any atom is -0.493 e. The fraction of sp³-hybridized carbons (Fsp3) is 0.458. The lowest BCUT2D eigenvalue weighted by Crippen LogP contribution is -2.35. The van der Waals surface area contributed by atoms with Gasteiger partial charge in [0.2, 0.25) is 15.9 Å². The molecule has 1 aliphatic heterocycles. The van der Waals surface area contributed by atoms with E-state index in [1.54, 1.807) is 24.3 Å². The van der Waals surface area contributed by atoms with Gasteiger partial charge in [-0.15, -0.1) is 0 Å². The van der Waals surface area contributed by atoms with Crippen molar-refractivity contribution in [3.8, 4) is 17.2 Å². The number of carbonyl (C=O) groups is 1. The highest BCUT2D eigenvalue weighted by Crippen LogP contribution is 2.37. The summed E-state index contributed by atoms with van der Waals surface area (Å²) in [6.07, 6.45) is 4.98. The van der Waals surface area contributed by atoms with Crippen LogP contribution < -0.4 is 14.8 Å². The Hall–Kier alpha value is -2.62. The number of sulfonamides is 1. The summed E-state index contributed by atoms with van der Waals surface area (Å²) in [7, 11) is -2.13. The van der Waals surface area contributed by atoms with Gasteiger partial charge in [-0.25, -0.2) is 8.42 Å². The summed E-state index contributed by atoms with van der Waals surface area (Å²) in [5.41, 5.74) is 0.263. The van der Waals surface area contributed by atoms with Crippen molar-refractivity contribution in [3.63, 3.8) is 0 Å². The number of methoxy groups -OCH3 is 1. The van der Waals surface area contributed by atoms with Crippen LogP contribution >= 0.6 is 0 Å². The van der Waals surface area contributed by atoms with Gasteiger partial charge in [0.25, 0.3) is 0 Å². The lowest BCUT2D eigenvalue weighted by atomic mass is 10.2. The van der Waals surface area contributed by atoms with Crippen molar-refractivity contribution in [2.75, 3.05) is 38.7 Å². The van der Waals surface area contributed by atoms with Gasteiger partial charge in [-0.2, -0.15) is 4.31 Å². The second-order valence-electron chi connectivity index (χ2n) is 8.38. The standard InChI is InChI=1S/C24H30N2O6S/c1-30-22-7-3-4-8-23(22)32-21-12-11-19(33(28,29)26-13-5-2-6-14-26)15-20(21)25-24(27)17-31-16-18-9-10-18/h3-4,7-8,11-12,15,18H,2,5-6,9-10,13-14,16-17H2,1H3,(H,25,27). The number of nitrogens with one attached hydrogen (secondary N) is 1. The molecular weight excluding hydrogens is 444 g/mol. The molecule has 0 atom stereocenters. The normalized spacial score (nSPS) is 16.9. The van der Waals surface area contributed by atoms with Crippen molar-refractivity contribution < 1.29 is 27.4 Å². The molecule has 1 aliphatic carbocycles. The van der Waals surface area contributed by atoms with E-state index in [0.717, 1.165) is 32.1 Å². The summed E-state index contributed by atoms with van der Waals surface area (Å²) in [5, 5.41) is 2.77. The van der Waals surface area contributed by atoms with Gasteiger partial charge in [-0.1, -0.05) is 18.6 Å². The molecule has 0 unspecified atom stereocenters. The van der Waals surface area contributed by atoms with Crippen molar-refractivity contribution in [3.05, 3.63) is 42.5 Å². The van der Waals surface area contributed by atoms with Crippen molar-refractivity contribution in [1.82, 2.24) is 4.31 Å². The van der Waals surface area contributed by atoms with Gasteiger partial charge in [0.1, 0.15) is 6.61 Å². The van der Waals surface area contributed by atoms with Crippen molar-refractivity contribution >= 4 is 21.6 Å². The third-order valence-electron chi connectivity index (χ3n) is 5.75. The van der Waals surface area contributed by atoms with Crippen LogP contribution in [0.25, 0.3) is 0 Å². The fourth-order valence-electron chi connectivity index (χ4n) is 3.72. The number of benzene rings is 2. The molecule has 178 valence electrons. The van der Waals surface area contributed by atoms with Crippen LogP contribution in [-0.2, 0) is 19.6 Å². The number of anilines is 1. The summed E-state index contributed by atoms with van der Waals surface area (Å²) in [5.74, 6) is 1.46. The molecule has 33 heavy (non-hydrogen) atoms. The van der Waals surface area contributed by atoms with Crippen LogP contribution in [0.15, 0.2) is 47.4 Å². The second kappa shape index (κ2) is 10.5. The van der Waals surface area contributed by atoms with Crippen LogP contribution in [0, 0.1) is 5.92 Å². The molecule has 1 amide bonds. The molecule has 1 saturated heterocycles. The lowest BCUT2D eigenvalue weighted by molar-refractivity contribution is -0.120. The zero-order valence-corrected chi connectivity index (χ0v) is 19.6. The van der Waals surface area contributed by atoms with E-state index in [-0.39, 0.29) is 23.1 Å². The van der Waals surface area contributed by atoms with E-state index in [9.17, 15) is 13.2 Å². The molecule has 2 aromatic rings. The number of nitrogens with zero attached hydrogens (tertiary/aromatic N) is 1. The molecule has 9 heteroatoms. The second-order valence-corrected chi connectivity index (χ2v) is 10.3. The smallest absolute Gasteiger partial charge is 0.250 e. The number of carbonyl (C=O) groups excluding carboxylic acids is 1. The Morgan fingerprint density at radius 2 is 1.76 bits per heavy atom. The first kappa shape index (κ1) is 23.5. The fourth-order valence-corrected chi connectivity index (χ4v) is 5.27. The summed E-state index contributed by atoms with van der Waals surface area (Å²) < 4.78 is 44.7. The van der Waals surface area contributed by atoms with E-state index in [1.807, 2.05) is 6.07 Å². The predicted molar refractivity (Wildman–Crippen MR) is 124 cm³/mol. The molecule has 1 heterocycles. The third kappa shape index (κ3) is 6.04. The van der Waals surface area contributed by atoms with Crippen LogP contribution in [0.5, 0.6) is 17.2 Å². The van der Waals surface area contributed by atoms with Crippen LogP contribution in [0.1, 0.15) is 32.1 Å². The average molecular weight is 475 g/mol. The van der Waals surface area contributed by atoms with Gasteiger partial charge in [-0.05, 0) is 61.9 Å². The monoisotopic (exact) mass is 474 g/mol. The maximum atomic E-state index is 13.2. The predicted octanol–water partition coefficient (Wildman–Crippen LogP) is 4.03. The maximum absolute atomic E-state index is 13.2. The van der Waals surface area contributed by atoms with Gasteiger partial charge in [-0.3, -0.25) is 4.79 Å². The average Bonchev–Trinajstić information content (AvgIpc) is 3.65. The zero-order chi connectivity index (χ0) is 23.3. The molecule has 2 fully saturated rings.